The Morgan fingerprint density at radius 1 is 1.14 bits per heavy atom. The van der Waals surface area contributed by atoms with Crippen molar-refractivity contribution in [3.05, 3.63) is 65.0 Å². The molecule has 1 amide bonds. The van der Waals surface area contributed by atoms with Crippen LogP contribution in [0.1, 0.15) is 15.9 Å². The van der Waals surface area contributed by atoms with Gasteiger partial charge in [-0.05, 0) is 30.3 Å². The molecule has 0 radical (unpaired) electrons. The minimum absolute atomic E-state index is 0.206. The highest BCUT2D eigenvalue weighted by atomic mass is 32.1. The van der Waals surface area contributed by atoms with Gasteiger partial charge in [0, 0.05) is 35.3 Å². The van der Waals surface area contributed by atoms with E-state index in [1.807, 2.05) is 47.8 Å². The number of morpholine rings is 1. The maximum atomic E-state index is 12.5. The first-order valence-electron chi connectivity index (χ1n) is 8.94. The molecular formula is C21H18N4O2S. The highest BCUT2D eigenvalue weighted by molar-refractivity contribution is 7.14. The van der Waals surface area contributed by atoms with E-state index in [2.05, 4.69) is 21.3 Å². The maximum absolute atomic E-state index is 12.5. The standard InChI is InChI=1S/C21H18N4O2S/c22-13-16-3-1-2-4-18(16)19-14-28-21(23-19)24-20(26)15-5-7-17(8-6-15)25-9-11-27-12-10-25/h1-8,14H,9-12H2,(H,23,24,26). The normalized spacial score (nSPS) is 13.8. The first kappa shape index (κ1) is 18.2. The highest BCUT2D eigenvalue weighted by Crippen LogP contribution is 2.27. The van der Waals surface area contributed by atoms with Crippen molar-refractivity contribution in [3.63, 3.8) is 0 Å². The molecule has 1 fully saturated rings. The van der Waals surface area contributed by atoms with E-state index in [0.717, 1.165) is 37.6 Å². The monoisotopic (exact) mass is 390 g/mol. The summed E-state index contributed by atoms with van der Waals surface area (Å²) in [6.45, 7) is 3.17. The second-order valence-corrected chi connectivity index (χ2v) is 7.15. The van der Waals surface area contributed by atoms with E-state index in [9.17, 15) is 10.1 Å². The van der Waals surface area contributed by atoms with Crippen molar-refractivity contribution in [1.29, 1.82) is 5.26 Å². The zero-order chi connectivity index (χ0) is 19.3. The summed E-state index contributed by atoms with van der Waals surface area (Å²) in [7, 11) is 0. The minimum atomic E-state index is -0.206. The summed E-state index contributed by atoms with van der Waals surface area (Å²) in [5.41, 5.74) is 3.66. The number of ether oxygens (including phenoxy) is 1. The van der Waals surface area contributed by atoms with Gasteiger partial charge in [-0.15, -0.1) is 11.3 Å². The summed E-state index contributed by atoms with van der Waals surface area (Å²) in [4.78, 5) is 19.2. The summed E-state index contributed by atoms with van der Waals surface area (Å²) in [6, 6.07) is 17.0. The van der Waals surface area contributed by atoms with E-state index in [1.165, 1.54) is 11.3 Å². The summed E-state index contributed by atoms with van der Waals surface area (Å²) in [5.74, 6) is -0.206. The zero-order valence-corrected chi connectivity index (χ0v) is 15.9. The third kappa shape index (κ3) is 3.88. The lowest BCUT2D eigenvalue weighted by Crippen LogP contribution is -2.36. The number of anilines is 2. The summed E-state index contributed by atoms with van der Waals surface area (Å²) in [6.07, 6.45) is 0. The molecule has 28 heavy (non-hydrogen) atoms. The van der Waals surface area contributed by atoms with Crippen molar-refractivity contribution in [1.82, 2.24) is 4.98 Å². The molecule has 0 aliphatic carbocycles. The third-order valence-electron chi connectivity index (χ3n) is 4.55. The summed E-state index contributed by atoms with van der Waals surface area (Å²) in [5, 5.41) is 14.4. The van der Waals surface area contributed by atoms with Crippen LogP contribution in [0.5, 0.6) is 0 Å². The van der Waals surface area contributed by atoms with Gasteiger partial charge in [0.1, 0.15) is 0 Å². The molecule has 2 aromatic carbocycles. The average molecular weight is 390 g/mol. The van der Waals surface area contributed by atoms with Gasteiger partial charge >= 0.3 is 0 Å². The molecule has 0 spiro atoms. The van der Waals surface area contributed by atoms with E-state index in [-0.39, 0.29) is 5.91 Å². The van der Waals surface area contributed by atoms with Crippen LogP contribution in [0.4, 0.5) is 10.8 Å². The summed E-state index contributed by atoms with van der Waals surface area (Å²) >= 11 is 1.34. The minimum Gasteiger partial charge on any atom is -0.378 e. The average Bonchev–Trinajstić information content (AvgIpc) is 3.22. The molecule has 1 N–H and O–H groups in total. The van der Waals surface area contributed by atoms with Gasteiger partial charge in [-0.25, -0.2) is 4.98 Å². The van der Waals surface area contributed by atoms with Crippen molar-refractivity contribution in [3.8, 4) is 17.3 Å². The Morgan fingerprint density at radius 2 is 1.89 bits per heavy atom. The number of benzene rings is 2. The Hall–Kier alpha value is -3.21. The first-order chi connectivity index (χ1) is 13.7. The number of thiazole rings is 1. The van der Waals surface area contributed by atoms with Gasteiger partial charge in [0.25, 0.3) is 5.91 Å². The highest BCUT2D eigenvalue weighted by Gasteiger charge is 2.14. The maximum Gasteiger partial charge on any atom is 0.257 e. The number of amides is 1. The van der Waals surface area contributed by atoms with Crippen LogP contribution in [-0.2, 0) is 4.74 Å². The predicted molar refractivity (Wildman–Crippen MR) is 110 cm³/mol. The molecule has 0 unspecified atom stereocenters. The van der Waals surface area contributed by atoms with E-state index in [1.54, 1.807) is 6.07 Å². The molecule has 2 heterocycles. The van der Waals surface area contributed by atoms with E-state index >= 15 is 0 Å². The lowest BCUT2D eigenvalue weighted by molar-refractivity contribution is 0.102. The van der Waals surface area contributed by atoms with Crippen molar-refractivity contribution in [2.24, 2.45) is 0 Å². The predicted octanol–water partition coefficient (Wildman–Crippen LogP) is 3.77. The molecule has 0 bridgehead atoms. The van der Waals surface area contributed by atoms with E-state index in [0.29, 0.717) is 22.0 Å². The largest absolute Gasteiger partial charge is 0.378 e. The van der Waals surface area contributed by atoms with E-state index < -0.39 is 0 Å². The van der Waals surface area contributed by atoms with Gasteiger partial charge in [0.05, 0.1) is 30.5 Å². The van der Waals surface area contributed by atoms with Crippen LogP contribution in [0.3, 0.4) is 0 Å². The molecule has 4 rings (SSSR count). The lowest BCUT2D eigenvalue weighted by atomic mass is 10.1. The van der Waals surface area contributed by atoms with Crippen LogP contribution in [0.2, 0.25) is 0 Å². The number of nitriles is 1. The fourth-order valence-corrected chi connectivity index (χ4v) is 3.78. The number of hydrogen-bond acceptors (Lipinski definition) is 6. The van der Waals surface area contributed by atoms with Gasteiger partial charge in [0.2, 0.25) is 0 Å². The summed E-state index contributed by atoms with van der Waals surface area (Å²) < 4.78 is 5.37. The van der Waals surface area contributed by atoms with Crippen LogP contribution < -0.4 is 10.2 Å². The molecule has 1 aliphatic rings. The third-order valence-corrected chi connectivity index (χ3v) is 5.31. The number of nitrogens with zero attached hydrogens (tertiary/aromatic N) is 3. The quantitative estimate of drug-likeness (QED) is 0.734. The molecule has 7 heteroatoms. The fourth-order valence-electron chi connectivity index (χ4n) is 3.07. The van der Waals surface area contributed by atoms with Gasteiger partial charge in [-0.3, -0.25) is 10.1 Å². The smallest absolute Gasteiger partial charge is 0.257 e. The second-order valence-electron chi connectivity index (χ2n) is 6.30. The molecule has 6 nitrogen and oxygen atoms in total. The van der Waals surface area contributed by atoms with Gasteiger partial charge in [-0.1, -0.05) is 18.2 Å². The van der Waals surface area contributed by atoms with Gasteiger partial charge in [0.15, 0.2) is 5.13 Å². The van der Waals surface area contributed by atoms with Crippen LogP contribution >= 0.6 is 11.3 Å². The molecule has 1 aromatic heterocycles. The zero-order valence-electron chi connectivity index (χ0n) is 15.1. The molecule has 0 atom stereocenters. The number of nitrogens with one attached hydrogen (secondary N) is 1. The Labute approximate surface area is 167 Å². The number of hydrogen-bond donors (Lipinski definition) is 1. The van der Waals surface area contributed by atoms with Gasteiger partial charge in [-0.2, -0.15) is 5.26 Å². The first-order valence-corrected chi connectivity index (χ1v) is 9.82. The Morgan fingerprint density at radius 3 is 2.64 bits per heavy atom. The number of carbonyl (C=O) groups is 1. The van der Waals surface area contributed by atoms with Crippen LogP contribution in [0, 0.1) is 11.3 Å². The SMILES string of the molecule is N#Cc1ccccc1-c1csc(NC(=O)c2ccc(N3CCOCC3)cc2)n1. The van der Waals surface area contributed by atoms with Crippen LogP contribution in [-0.4, -0.2) is 37.2 Å². The molecule has 140 valence electrons. The van der Waals surface area contributed by atoms with Crippen LogP contribution in [0.15, 0.2) is 53.9 Å². The lowest BCUT2D eigenvalue weighted by Gasteiger charge is -2.28. The van der Waals surface area contributed by atoms with Crippen molar-refractivity contribution >= 4 is 28.1 Å². The van der Waals surface area contributed by atoms with E-state index in [4.69, 9.17) is 4.74 Å². The van der Waals surface area contributed by atoms with Crippen molar-refractivity contribution in [2.75, 3.05) is 36.5 Å². The number of rotatable bonds is 4. The fraction of sp³-hybridized carbons (Fsp3) is 0.190. The number of aromatic nitrogens is 1. The topological polar surface area (TPSA) is 78.2 Å². The second kappa shape index (κ2) is 8.21. The number of carbonyl (C=O) groups excluding carboxylic acids is 1. The van der Waals surface area contributed by atoms with Crippen molar-refractivity contribution < 1.29 is 9.53 Å². The molecule has 1 aliphatic heterocycles. The van der Waals surface area contributed by atoms with Crippen molar-refractivity contribution in [2.45, 2.75) is 0 Å². The molecular weight excluding hydrogens is 372 g/mol. The molecule has 0 saturated carbocycles. The Kier molecular flexibility index (Phi) is 5.33. The van der Waals surface area contributed by atoms with Crippen LogP contribution in [0.25, 0.3) is 11.3 Å². The Balaban J connectivity index is 1.45. The molecule has 1 saturated heterocycles. The van der Waals surface area contributed by atoms with Gasteiger partial charge < -0.3 is 9.64 Å². The Bertz CT molecular complexity index is 1020. The molecule has 3 aromatic rings.